The second kappa shape index (κ2) is 5.61. The smallest absolute Gasteiger partial charge is 0.294 e. The van der Waals surface area contributed by atoms with Crippen LogP contribution < -0.4 is 16.3 Å². The minimum absolute atomic E-state index is 0.0782. The van der Waals surface area contributed by atoms with Gasteiger partial charge in [0.1, 0.15) is 0 Å². The fourth-order valence-corrected chi connectivity index (χ4v) is 2.99. The fourth-order valence-electron chi connectivity index (χ4n) is 2.99. The van der Waals surface area contributed by atoms with E-state index in [1.165, 1.54) is 11.6 Å². The predicted octanol–water partition coefficient (Wildman–Crippen LogP) is 1.24. The first-order chi connectivity index (χ1) is 11.2. The number of rotatable bonds is 3. The Morgan fingerprint density at radius 3 is 2.46 bits per heavy atom. The van der Waals surface area contributed by atoms with Crippen LogP contribution in [-0.2, 0) is 14.1 Å². The Bertz CT molecular complexity index is 946. The quantitative estimate of drug-likeness (QED) is 0.847. The Kier molecular flexibility index (Phi) is 3.85. The maximum absolute atomic E-state index is 12.7. The second-order valence-electron chi connectivity index (χ2n) is 6.88. The van der Waals surface area contributed by atoms with Crippen LogP contribution in [0.15, 0.2) is 14.7 Å². The Morgan fingerprint density at radius 1 is 1.17 bits per heavy atom. The molecule has 2 aromatic heterocycles. The van der Waals surface area contributed by atoms with Crippen LogP contribution in [0, 0.1) is 5.92 Å². The molecule has 0 aliphatic carbocycles. The summed E-state index contributed by atoms with van der Waals surface area (Å²) in [6.45, 7) is 8.98. The minimum Gasteiger partial charge on any atom is -0.294 e. The van der Waals surface area contributed by atoms with Gasteiger partial charge in [-0.15, -0.1) is 0 Å². The summed E-state index contributed by atoms with van der Waals surface area (Å²) in [7, 11) is 3.13. The molecule has 0 aromatic carbocycles. The number of hydrazone groups is 1. The lowest BCUT2D eigenvalue weighted by Crippen LogP contribution is -2.38. The van der Waals surface area contributed by atoms with Crippen LogP contribution in [0.2, 0.25) is 0 Å². The molecule has 0 radical (unpaired) electrons. The zero-order chi connectivity index (χ0) is 17.8. The monoisotopic (exact) mass is 332 g/mol. The van der Waals surface area contributed by atoms with E-state index < -0.39 is 0 Å². The molecule has 0 saturated heterocycles. The van der Waals surface area contributed by atoms with E-state index in [0.717, 1.165) is 23.2 Å². The highest BCUT2D eigenvalue weighted by molar-refractivity contribution is 5.90. The molecule has 8 nitrogen and oxygen atoms in total. The molecule has 1 aliphatic rings. The molecule has 24 heavy (non-hydrogen) atoms. The van der Waals surface area contributed by atoms with Gasteiger partial charge in [-0.2, -0.15) is 10.1 Å². The maximum Gasteiger partial charge on any atom is 0.332 e. The Hall–Kier alpha value is -2.38. The van der Waals surface area contributed by atoms with E-state index in [1.54, 1.807) is 7.05 Å². The fraction of sp³-hybridized carbons (Fsp3) is 0.625. The van der Waals surface area contributed by atoms with Crippen LogP contribution in [0.1, 0.15) is 40.2 Å². The first-order valence-corrected chi connectivity index (χ1v) is 8.24. The molecule has 2 aromatic rings. The van der Waals surface area contributed by atoms with E-state index in [2.05, 4.69) is 23.9 Å². The molecule has 3 rings (SSSR count). The van der Waals surface area contributed by atoms with Gasteiger partial charge in [-0.25, -0.2) is 9.80 Å². The van der Waals surface area contributed by atoms with Gasteiger partial charge >= 0.3 is 5.69 Å². The number of nitrogens with zero attached hydrogens (tertiary/aromatic N) is 6. The summed E-state index contributed by atoms with van der Waals surface area (Å²) in [5, 5.41) is 6.49. The third-order valence-corrected chi connectivity index (χ3v) is 4.69. The largest absolute Gasteiger partial charge is 0.332 e. The summed E-state index contributed by atoms with van der Waals surface area (Å²) < 4.78 is 4.45. The molecule has 0 fully saturated rings. The van der Waals surface area contributed by atoms with Crippen molar-refractivity contribution >= 4 is 22.8 Å². The van der Waals surface area contributed by atoms with Crippen LogP contribution in [0.4, 0.5) is 5.95 Å². The molecule has 0 N–H and O–H groups in total. The summed E-state index contributed by atoms with van der Waals surface area (Å²) in [5.74, 6) is 1.16. The molecular weight excluding hydrogens is 308 g/mol. The summed E-state index contributed by atoms with van der Waals surface area (Å²) in [4.78, 5) is 29.5. The second-order valence-corrected chi connectivity index (χ2v) is 6.88. The van der Waals surface area contributed by atoms with E-state index >= 15 is 0 Å². The lowest BCUT2D eigenvalue weighted by atomic mass is 10.1. The molecular formula is C16H24N6O2. The highest BCUT2D eigenvalue weighted by Crippen LogP contribution is 2.30. The van der Waals surface area contributed by atoms with E-state index in [-0.39, 0.29) is 17.3 Å². The van der Waals surface area contributed by atoms with Crippen molar-refractivity contribution < 1.29 is 0 Å². The molecule has 0 spiro atoms. The van der Waals surface area contributed by atoms with Gasteiger partial charge in [0.25, 0.3) is 5.56 Å². The number of hydrogen-bond acceptors (Lipinski definition) is 5. The zero-order valence-electron chi connectivity index (χ0n) is 15.1. The summed E-state index contributed by atoms with van der Waals surface area (Å²) in [5.41, 5.74) is 1.08. The highest BCUT2D eigenvalue weighted by Gasteiger charge is 2.30. The van der Waals surface area contributed by atoms with Gasteiger partial charge in [-0.3, -0.25) is 18.5 Å². The minimum atomic E-state index is -0.373. The van der Waals surface area contributed by atoms with Crippen LogP contribution in [0.3, 0.4) is 0 Å². The van der Waals surface area contributed by atoms with Gasteiger partial charge in [0.05, 0.1) is 11.8 Å². The van der Waals surface area contributed by atoms with Crippen molar-refractivity contribution in [1.82, 2.24) is 18.7 Å². The summed E-state index contributed by atoms with van der Waals surface area (Å²) in [6, 6.07) is -0.0782. The number of fused-ring (bicyclic) bond motifs is 3. The molecule has 3 heterocycles. The maximum atomic E-state index is 12.7. The number of imidazole rings is 1. The number of aryl methyl sites for hydroxylation is 1. The van der Waals surface area contributed by atoms with E-state index in [4.69, 9.17) is 0 Å². The number of hydrogen-bond donors (Lipinski definition) is 0. The van der Waals surface area contributed by atoms with Gasteiger partial charge in [0.2, 0.25) is 5.95 Å². The van der Waals surface area contributed by atoms with Crippen molar-refractivity contribution in [3.8, 4) is 0 Å². The topological polar surface area (TPSA) is 77.4 Å². The third-order valence-electron chi connectivity index (χ3n) is 4.69. The Balaban J connectivity index is 2.30. The molecule has 130 valence electrons. The van der Waals surface area contributed by atoms with Gasteiger partial charge in [-0.1, -0.05) is 13.8 Å². The lowest BCUT2D eigenvalue weighted by molar-refractivity contribution is 0.554. The van der Waals surface area contributed by atoms with Crippen LogP contribution in [0.5, 0.6) is 0 Å². The molecule has 8 heteroatoms. The molecule has 0 amide bonds. The molecule has 1 unspecified atom stereocenters. The van der Waals surface area contributed by atoms with Crippen molar-refractivity contribution in [3.63, 3.8) is 0 Å². The van der Waals surface area contributed by atoms with Gasteiger partial charge in [0, 0.05) is 20.6 Å². The van der Waals surface area contributed by atoms with Crippen molar-refractivity contribution in [1.29, 1.82) is 0 Å². The zero-order valence-corrected chi connectivity index (χ0v) is 15.1. The van der Waals surface area contributed by atoms with Crippen LogP contribution in [0.25, 0.3) is 11.2 Å². The third kappa shape index (κ3) is 2.28. The van der Waals surface area contributed by atoms with Crippen molar-refractivity contribution in [2.75, 3.05) is 11.6 Å². The van der Waals surface area contributed by atoms with Crippen molar-refractivity contribution in [2.24, 2.45) is 25.1 Å². The van der Waals surface area contributed by atoms with E-state index in [9.17, 15) is 9.59 Å². The first-order valence-electron chi connectivity index (χ1n) is 8.24. The van der Waals surface area contributed by atoms with Crippen LogP contribution >= 0.6 is 0 Å². The summed E-state index contributed by atoms with van der Waals surface area (Å²) >= 11 is 0. The normalized spacial score (nSPS) is 17.5. The lowest BCUT2D eigenvalue weighted by Gasteiger charge is -2.29. The van der Waals surface area contributed by atoms with Crippen molar-refractivity contribution in [2.45, 2.75) is 40.2 Å². The average Bonchev–Trinajstić information content (AvgIpc) is 2.93. The molecule has 0 bridgehead atoms. The Labute approximate surface area is 140 Å². The standard InChI is InChI=1S/C16H24N6O2/c1-9(2)7-8-21-15-17-13-12(22(15)11(4)10(3)18-21)14(23)20(6)16(24)19(13)5/h9,11H,7-8H2,1-6H3. The summed E-state index contributed by atoms with van der Waals surface area (Å²) in [6.07, 6.45) is 0.964. The number of aromatic nitrogens is 4. The average molecular weight is 332 g/mol. The van der Waals surface area contributed by atoms with Crippen LogP contribution in [-0.4, -0.2) is 30.9 Å². The van der Waals surface area contributed by atoms with Gasteiger partial charge in [0.15, 0.2) is 11.2 Å². The van der Waals surface area contributed by atoms with E-state index in [1.807, 2.05) is 23.4 Å². The SMILES string of the molecule is CC1=NN(CCC(C)C)c2nc3c(c(=O)n(C)c(=O)n3C)n2C1C. The van der Waals surface area contributed by atoms with Gasteiger partial charge in [-0.05, 0) is 26.2 Å². The number of anilines is 1. The molecule has 1 atom stereocenters. The molecule has 0 saturated carbocycles. The van der Waals surface area contributed by atoms with Crippen molar-refractivity contribution in [3.05, 3.63) is 20.8 Å². The molecule has 1 aliphatic heterocycles. The Morgan fingerprint density at radius 2 is 1.83 bits per heavy atom. The van der Waals surface area contributed by atoms with E-state index in [0.29, 0.717) is 23.0 Å². The predicted molar refractivity (Wildman–Crippen MR) is 94.8 cm³/mol. The highest BCUT2D eigenvalue weighted by atomic mass is 16.2. The van der Waals surface area contributed by atoms with Gasteiger partial charge < -0.3 is 0 Å². The first kappa shape index (κ1) is 16.5.